The monoisotopic (exact) mass is 318 g/mol. The van der Waals surface area contributed by atoms with Crippen LogP contribution < -0.4 is 10.1 Å². The van der Waals surface area contributed by atoms with Crippen molar-refractivity contribution in [3.8, 4) is 11.5 Å². The fourth-order valence-electron chi connectivity index (χ4n) is 1.88. The minimum absolute atomic E-state index is 0.0386. The number of aromatic hydroxyl groups is 1. The van der Waals surface area contributed by atoms with Crippen LogP contribution in [0.4, 0.5) is 0 Å². The van der Waals surface area contributed by atoms with Gasteiger partial charge in [0.2, 0.25) is 5.91 Å². The minimum atomic E-state index is -0.212. The highest BCUT2D eigenvalue weighted by Gasteiger charge is 2.10. The van der Waals surface area contributed by atoms with Crippen LogP contribution in [0.5, 0.6) is 11.5 Å². The molecule has 1 heterocycles. The first-order valence-corrected chi connectivity index (χ1v) is 7.65. The summed E-state index contributed by atoms with van der Waals surface area (Å²) in [6, 6.07) is 4.81. The summed E-state index contributed by atoms with van der Waals surface area (Å²) in [5, 5.41) is 15.4. The van der Waals surface area contributed by atoms with E-state index in [1.54, 1.807) is 18.2 Å². The summed E-state index contributed by atoms with van der Waals surface area (Å²) < 4.78 is 4.97. The van der Waals surface area contributed by atoms with Crippen molar-refractivity contribution in [2.45, 2.75) is 19.9 Å². The van der Waals surface area contributed by atoms with Gasteiger partial charge in [0, 0.05) is 17.2 Å². The van der Waals surface area contributed by atoms with Crippen molar-refractivity contribution in [3.63, 3.8) is 0 Å². The van der Waals surface area contributed by atoms with Crippen LogP contribution in [0.15, 0.2) is 29.7 Å². The number of aryl methyl sites for hydroxylation is 1. The largest absolute Gasteiger partial charge is 0.504 e. The van der Waals surface area contributed by atoms with Crippen molar-refractivity contribution in [1.82, 2.24) is 10.3 Å². The number of nitrogens with one attached hydrogen (secondary N) is 1. The van der Waals surface area contributed by atoms with E-state index >= 15 is 0 Å². The summed E-state index contributed by atoms with van der Waals surface area (Å²) in [4.78, 5) is 16.3. The van der Waals surface area contributed by atoms with Crippen molar-refractivity contribution in [2.24, 2.45) is 0 Å². The van der Waals surface area contributed by atoms with Gasteiger partial charge in [0.1, 0.15) is 5.01 Å². The molecule has 0 saturated heterocycles. The number of carbonyl (C=O) groups excluding carboxylic acids is 1. The SMILES string of the molecule is COc1ccc(/C=C/C(=O)N[C@H](C)c2nc(C)cs2)cc1O. The van der Waals surface area contributed by atoms with Gasteiger partial charge < -0.3 is 15.2 Å². The van der Waals surface area contributed by atoms with Crippen LogP contribution >= 0.6 is 11.3 Å². The number of hydrogen-bond donors (Lipinski definition) is 2. The van der Waals surface area contributed by atoms with Gasteiger partial charge in [-0.05, 0) is 37.6 Å². The number of thiazole rings is 1. The highest BCUT2D eigenvalue weighted by molar-refractivity contribution is 7.09. The number of phenolic OH excluding ortho intramolecular Hbond substituents is 1. The average Bonchev–Trinajstić information content (AvgIpc) is 2.92. The van der Waals surface area contributed by atoms with E-state index < -0.39 is 0 Å². The Labute approximate surface area is 133 Å². The highest BCUT2D eigenvalue weighted by atomic mass is 32.1. The zero-order valence-corrected chi connectivity index (χ0v) is 13.5. The third-order valence-electron chi connectivity index (χ3n) is 3.00. The fraction of sp³-hybridized carbons (Fsp3) is 0.250. The Kier molecular flexibility index (Phi) is 5.16. The van der Waals surface area contributed by atoms with Crippen molar-refractivity contribution >= 4 is 23.3 Å². The van der Waals surface area contributed by atoms with E-state index in [1.807, 2.05) is 19.2 Å². The summed E-state index contributed by atoms with van der Waals surface area (Å²) in [6.07, 6.45) is 3.06. The van der Waals surface area contributed by atoms with Crippen LogP contribution in [-0.2, 0) is 4.79 Å². The van der Waals surface area contributed by atoms with E-state index in [9.17, 15) is 9.90 Å². The molecule has 2 N–H and O–H groups in total. The van der Waals surface area contributed by atoms with Crippen LogP contribution in [-0.4, -0.2) is 23.1 Å². The standard InChI is InChI=1S/C16H18N2O3S/c1-10-9-22-16(17-10)11(2)18-15(20)7-5-12-4-6-14(21-3)13(19)8-12/h4-9,11,19H,1-3H3,(H,18,20)/b7-5+/t11-/m1/s1. The molecule has 22 heavy (non-hydrogen) atoms. The first-order valence-electron chi connectivity index (χ1n) is 6.77. The lowest BCUT2D eigenvalue weighted by molar-refractivity contribution is -0.117. The number of rotatable bonds is 5. The van der Waals surface area contributed by atoms with Crippen LogP contribution in [0, 0.1) is 6.92 Å². The molecule has 0 radical (unpaired) electrons. The van der Waals surface area contributed by atoms with Gasteiger partial charge in [0.25, 0.3) is 0 Å². The average molecular weight is 318 g/mol. The Balaban J connectivity index is 1.97. The normalized spacial score (nSPS) is 12.3. The Hall–Kier alpha value is -2.34. The molecule has 0 aliphatic carbocycles. The summed E-state index contributed by atoms with van der Waals surface area (Å²) in [5.74, 6) is 0.224. The number of methoxy groups -OCH3 is 1. The molecular formula is C16H18N2O3S. The highest BCUT2D eigenvalue weighted by Crippen LogP contribution is 2.26. The number of carbonyl (C=O) groups is 1. The third-order valence-corrected chi connectivity index (χ3v) is 4.14. The molecule has 0 bridgehead atoms. The molecule has 0 aliphatic rings. The maximum absolute atomic E-state index is 11.9. The molecular weight excluding hydrogens is 300 g/mol. The van der Waals surface area contributed by atoms with Crippen LogP contribution in [0.2, 0.25) is 0 Å². The zero-order valence-electron chi connectivity index (χ0n) is 12.7. The lowest BCUT2D eigenvalue weighted by atomic mass is 10.2. The molecule has 116 valence electrons. The van der Waals surface area contributed by atoms with Gasteiger partial charge >= 0.3 is 0 Å². The Bertz CT molecular complexity index is 694. The number of nitrogens with zero attached hydrogens (tertiary/aromatic N) is 1. The van der Waals surface area contributed by atoms with E-state index in [1.165, 1.54) is 30.6 Å². The van der Waals surface area contributed by atoms with Gasteiger partial charge in [-0.25, -0.2) is 4.98 Å². The van der Waals surface area contributed by atoms with Crippen LogP contribution in [0.25, 0.3) is 6.08 Å². The summed E-state index contributed by atoms with van der Waals surface area (Å²) in [5.41, 5.74) is 1.66. The van der Waals surface area contributed by atoms with Crippen molar-refractivity contribution in [1.29, 1.82) is 0 Å². The molecule has 0 spiro atoms. The van der Waals surface area contributed by atoms with Gasteiger partial charge in [-0.1, -0.05) is 6.07 Å². The fourth-order valence-corrected chi connectivity index (χ4v) is 2.68. The smallest absolute Gasteiger partial charge is 0.244 e. The van der Waals surface area contributed by atoms with E-state index in [0.717, 1.165) is 10.7 Å². The molecule has 1 atom stereocenters. The van der Waals surface area contributed by atoms with Crippen molar-refractivity contribution < 1.29 is 14.6 Å². The molecule has 0 fully saturated rings. The van der Waals surface area contributed by atoms with Crippen LogP contribution in [0.3, 0.4) is 0 Å². The molecule has 0 unspecified atom stereocenters. The lowest BCUT2D eigenvalue weighted by Crippen LogP contribution is -2.24. The third kappa shape index (κ3) is 4.08. The number of benzene rings is 1. The quantitative estimate of drug-likeness (QED) is 0.831. The number of aromatic nitrogens is 1. The number of hydrogen-bond acceptors (Lipinski definition) is 5. The second-order valence-electron chi connectivity index (χ2n) is 4.82. The predicted molar refractivity (Wildman–Crippen MR) is 87.1 cm³/mol. The Morgan fingerprint density at radius 3 is 2.86 bits per heavy atom. The summed E-state index contributed by atoms with van der Waals surface area (Å²) in [6.45, 7) is 3.81. The molecule has 1 aromatic carbocycles. The van der Waals surface area contributed by atoms with E-state index in [-0.39, 0.29) is 17.7 Å². The van der Waals surface area contributed by atoms with Gasteiger partial charge in [0.15, 0.2) is 11.5 Å². The van der Waals surface area contributed by atoms with Crippen molar-refractivity contribution in [2.75, 3.05) is 7.11 Å². The maximum Gasteiger partial charge on any atom is 0.244 e. The Morgan fingerprint density at radius 2 is 2.27 bits per heavy atom. The minimum Gasteiger partial charge on any atom is -0.504 e. The number of phenols is 1. The summed E-state index contributed by atoms with van der Waals surface area (Å²) >= 11 is 1.52. The maximum atomic E-state index is 11.9. The van der Waals surface area contributed by atoms with E-state index in [0.29, 0.717) is 11.3 Å². The van der Waals surface area contributed by atoms with Gasteiger partial charge in [-0.3, -0.25) is 4.79 Å². The second-order valence-corrected chi connectivity index (χ2v) is 5.71. The molecule has 0 saturated carbocycles. The molecule has 5 nitrogen and oxygen atoms in total. The zero-order chi connectivity index (χ0) is 16.1. The van der Waals surface area contributed by atoms with E-state index in [4.69, 9.17) is 4.74 Å². The molecule has 0 aliphatic heterocycles. The van der Waals surface area contributed by atoms with Gasteiger partial charge in [-0.2, -0.15) is 0 Å². The lowest BCUT2D eigenvalue weighted by Gasteiger charge is -2.09. The molecule has 6 heteroatoms. The van der Waals surface area contributed by atoms with Gasteiger partial charge in [0.05, 0.1) is 13.2 Å². The molecule has 2 rings (SSSR count). The van der Waals surface area contributed by atoms with Crippen molar-refractivity contribution in [3.05, 3.63) is 45.9 Å². The predicted octanol–water partition coefficient (Wildman–Crippen LogP) is 3.06. The summed E-state index contributed by atoms with van der Waals surface area (Å²) in [7, 11) is 1.49. The van der Waals surface area contributed by atoms with Crippen LogP contribution in [0.1, 0.15) is 29.2 Å². The first kappa shape index (κ1) is 16.0. The Morgan fingerprint density at radius 1 is 1.50 bits per heavy atom. The topological polar surface area (TPSA) is 71.5 Å². The number of amides is 1. The second kappa shape index (κ2) is 7.09. The number of ether oxygens (including phenoxy) is 1. The molecule has 1 aromatic heterocycles. The van der Waals surface area contributed by atoms with Gasteiger partial charge in [-0.15, -0.1) is 11.3 Å². The molecule has 1 amide bonds. The van der Waals surface area contributed by atoms with E-state index in [2.05, 4.69) is 10.3 Å². The first-order chi connectivity index (χ1) is 10.5. The molecule has 2 aromatic rings.